The van der Waals surface area contributed by atoms with Crippen molar-refractivity contribution in [3.63, 3.8) is 0 Å². The quantitative estimate of drug-likeness (QED) is 0.316. The fourth-order valence-corrected chi connectivity index (χ4v) is 1.80. The normalized spacial score (nSPS) is 15.8. The second-order valence-electron chi connectivity index (χ2n) is 3.71. The summed E-state index contributed by atoms with van der Waals surface area (Å²) >= 11 is 0. The van der Waals surface area contributed by atoms with Crippen LogP contribution in [-0.2, 0) is 4.79 Å². The number of hydrogen-bond acceptors (Lipinski definition) is 4. The maximum Gasteiger partial charge on any atom is 0.262 e. The van der Waals surface area contributed by atoms with Gasteiger partial charge in [0.2, 0.25) is 0 Å². The molecule has 1 aromatic carbocycles. The lowest BCUT2D eigenvalue weighted by Crippen LogP contribution is -2.49. The standard InChI is InChI=1S/C11H11N3O3/c1-6(9(15)13-12)14-10(16)7-4-2-3-5-8(7)11(14)17/h2-6H,12H2,1H3,(H,13,15). The Hall–Kier alpha value is -2.21. The van der Waals surface area contributed by atoms with Crippen molar-refractivity contribution in [1.29, 1.82) is 0 Å². The van der Waals surface area contributed by atoms with Crippen molar-refractivity contribution in [2.24, 2.45) is 5.84 Å². The van der Waals surface area contributed by atoms with E-state index in [0.29, 0.717) is 11.1 Å². The van der Waals surface area contributed by atoms with Crippen LogP contribution in [0.25, 0.3) is 0 Å². The number of rotatable bonds is 2. The van der Waals surface area contributed by atoms with Crippen LogP contribution in [0.2, 0.25) is 0 Å². The predicted molar refractivity (Wildman–Crippen MR) is 58.7 cm³/mol. The van der Waals surface area contributed by atoms with E-state index in [-0.39, 0.29) is 0 Å². The monoisotopic (exact) mass is 233 g/mol. The summed E-state index contributed by atoms with van der Waals surface area (Å²) in [4.78, 5) is 36.2. The summed E-state index contributed by atoms with van der Waals surface area (Å²) in [5.41, 5.74) is 2.55. The van der Waals surface area contributed by atoms with Crippen LogP contribution < -0.4 is 11.3 Å². The molecular formula is C11H11N3O3. The number of fused-ring (bicyclic) bond motifs is 1. The summed E-state index contributed by atoms with van der Waals surface area (Å²) in [7, 11) is 0. The van der Waals surface area contributed by atoms with E-state index in [1.54, 1.807) is 24.3 Å². The van der Waals surface area contributed by atoms with Crippen LogP contribution in [0.15, 0.2) is 24.3 Å². The molecular weight excluding hydrogens is 222 g/mol. The number of carbonyl (C=O) groups is 3. The smallest absolute Gasteiger partial charge is 0.262 e. The molecule has 0 fully saturated rings. The summed E-state index contributed by atoms with van der Waals surface area (Å²) < 4.78 is 0. The Bertz CT molecular complexity index is 477. The molecule has 1 heterocycles. The van der Waals surface area contributed by atoms with Crippen molar-refractivity contribution in [1.82, 2.24) is 10.3 Å². The van der Waals surface area contributed by atoms with Gasteiger partial charge in [-0.3, -0.25) is 24.7 Å². The molecule has 1 aliphatic rings. The summed E-state index contributed by atoms with van der Waals surface area (Å²) in [6.07, 6.45) is 0. The molecule has 17 heavy (non-hydrogen) atoms. The number of imide groups is 1. The molecule has 6 heteroatoms. The molecule has 1 aliphatic heterocycles. The molecule has 0 spiro atoms. The fraction of sp³-hybridized carbons (Fsp3) is 0.182. The van der Waals surface area contributed by atoms with Gasteiger partial charge in [0.1, 0.15) is 6.04 Å². The number of nitrogens with zero attached hydrogens (tertiary/aromatic N) is 1. The van der Waals surface area contributed by atoms with Crippen LogP contribution in [0.4, 0.5) is 0 Å². The second-order valence-corrected chi connectivity index (χ2v) is 3.71. The fourth-order valence-electron chi connectivity index (χ4n) is 1.80. The summed E-state index contributed by atoms with van der Waals surface area (Å²) in [5, 5.41) is 0. The van der Waals surface area contributed by atoms with E-state index >= 15 is 0 Å². The molecule has 1 aromatic rings. The number of hydrogen-bond donors (Lipinski definition) is 2. The molecule has 2 rings (SSSR count). The third kappa shape index (κ3) is 1.58. The van der Waals surface area contributed by atoms with E-state index in [2.05, 4.69) is 0 Å². The highest BCUT2D eigenvalue weighted by molar-refractivity contribution is 6.22. The molecule has 1 unspecified atom stereocenters. The molecule has 3 amide bonds. The molecule has 0 radical (unpaired) electrons. The summed E-state index contributed by atoms with van der Waals surface area (Å²) in [5.74, 6) is 3.46. The Balaban J connectivity index is 2.40. The minimum absolute atomic E-state index is 0.314. The van der Waals surface area contributed by atoms with Gasteiger partial charge >= 0.3 is 0 Å². The Morgan fingerprint density at radius 3 is 2.12 bits per heavy atom. The second kappa shape index (κ2) is 3.99. The first kappa shape index (κ1) is 11.3. The van der Waals surface area contributed by atoms with Crippen LogP contribution in [0.1, 0.15) is 27.6 Å². The first-order chi connectivity index (χ1) is 8.07. The number of amides is 3. The molecule has 0 saturated heterocycles. The number of carbonyl (C=O) groups excluding carboxylic acids is 3. The van der Waals surface area contributed by atoms with Crippen LogP contribution >= 0.6 is 0 Å². The van der Waals surface area contributed by atoms with E-state index in [1.165, 1.54) is 6.92 Å². The van der Waals surface area contributed by atoms with Gasteiger partial charge in [0.25, 0.3) is 17.7 Å². The lowest BCUT2D eigenvalue weighted by molar-refractivity contribution is -0.124. The maximum atomic E-state index is 12.0. The maximum absolute atomic E-state index is 12.0. The molecule has 1 atom stereocenters. The molecule has 0 bridgehead atoms. The van der Waals surface area contributed by atoms with Gasteiger partial charge in [-0.1, -0.05) is 12.1 Å². The van der Waals surface area contributed by atoms with Gasteiger partial charge in [-0.2, -0.15) is 0 Å². The zero-order valence-corrected chi connectivity index (χ0v) is 9.14. The minimum Gasteiger partial charge on any atom is -0.292 e. The third-order valence-electron chi connectivity index (χ3n) is 2.73. The van der Waals surface area contributed by atoms with Gasteiger partial charge < -0.3 is 0 Å². The van der Waals surface area contributed by atoms with Crippen molar-refractivity contribution >= 4 is 17.7 Å². The van der Waals surface area contributed by atoms with E-state index in [4.69, 9.17) is 5.84 Å². The number of benzene rings is 1. The molecule has 6 nitrogen and oxygen atoms in total. The van der Waals surface area contributed by atoms with Gasteiger partial charge in [0.15, 0.2) is 0 Å². The lowest BCUT2D eigenvalue weighted by Gasteiger charge is -2.20. The average molecular weight is 233 g/mol. The highest BCUT2D eigenvalue weighted by atomic mass is 16.2. The van der Waals surface area contributed by atoms with Gasteiger partial charge in [-0.05, 0) is 19.1 Å². The van der Waals surface area contributed by atoms with Crippen molar-refractivity contribution in [3.05, 3.63) is 35.4 Å². The Labute approximate surface area is 97.4 Å². The third-order valence-corrected chi connectivity index (χ3v) is 2.73. The highest BCUT2D eigenvalue weighted by Gasteiger charge is 2.40. The number of hydrazine groups is 1. The Morgan fingerprint density at radius 1 is 1.24 bits per heavy atom. The van der Waals surface area contributed by atoms with Crippen LogP contribution in [-0.4, -0.2) is 28.7 Å². The van der Waals surface area contributed by atoms with Gasteiger partial charge in [0, 0.05) is 0 Å². The van der Waals surface area contributed by atoms with E-state index < -0.39 is 23.8 Å². The van der Waals surface area contributed by atoms with Crippen molar-refractivity contribution in [2.75, 3.05) is 0 Å². The van der Waals surface area contributed by atoms with E-state index in [9.17, 15) is 14.4 Å². The van der Waals surface area contributed by atoms with Gasteiger partial charge in [-0.15, -0.1) is 0 Å². The lowest BCUT2D eigenvalue weighted by atomic mass is 10.1. The van der Waals surface area contributed by atoms with Crippen LogP contribution in [0.3, 0.4) is 0 Å². The first-order valence-corrected chi connectivity index (χ1v) is 5.05. The minimum atomic E-state index is -0.924. The number of nitrogens with one attached hydrogen (secondary N) is 1. The van der Waals surface area contributed by atoms with Crippen LogP contribution in [0.5, 0.6) is 0 Å². The SMILES string of the molecule is CC(C(=O)NN)N1C(=O)c2ccccc2C1=O. The Morgan fingerprint density at radius 2 is 1.71 bits per heavy atom. The molecule has 3 N–H and O–H groups in total. The van der Waals surface area contributed by atoms with E-state index in [1.807, 2.05) is 5.43 Å². The predicted octanol–water partition coefficient (Wildman–Crippen LogP) is -0.339. The van der Waals surface area contributed by atoms with E-state index in [0.717, 1.165) is 4.90 Å². The van der Waals surface area contributed by atoms with Gasteiger partial charge in [-0.25, -0.2) is 5.84 Å². The largest absolute Gasteiger partial charge is 0.292 e. The van der Waals surface area contributed by atoms with Crippen LogP contribution in [0, 0.1) is 0 Å². The van der Waals surface area contributed by atoms with Crippen molar-refractivity contribution in [2.45, 2.75) is 13.0 Å². The van der Waals surface area contributed by atoms with Gasteiger partial charge in [0.05, 0.1) is 11.1 Å². The topological polar surface area (TPSA) is 92.5 Å². The Kier molecular flexibility index (Phi) is 2.64. The summed E-state index contributed by atoms with van der Waals surface area (Å²) in [6.45, 7) is 1.45. The summed E-state index contributed by atoms with van der Waals surface area (Å²) in [6, 6.07) is 5.53. The highest BCUT2D eigenvalue weighted by Crippen LogP contribution is 2.24. The first-order valence-electron chi connectivity index (χ1n) is 5.05. The zero-order chi connectivity index (χ0) is 12.6. The molecule has 88 valence electrons. The van der Waals surface area contributed by atoms with Crippen molar-refractivity contribution < 1.29 is 14.4 Å². The van der Waals surface area contributed by atoms with Crippen molar-refractivity contribution in [3.8, 4) is 0 Å². The molecule has 0 saturated carbocycles. The molecule has 0 aromatic heterocycles. The molecule has 0 aliphatic carbocycles. The average Bonchev–Trinajstić information content (AvgIpc) is 2.61. The zero-order valence-electron chi connectivity index (χ0n) is 9.14. The number of nitrogens with two attached hydrogens (primary N) is 1.